The molecule has 6 atom stereocenters. The number of nitrogen functional groups attached to an aromatic ring is 1. The maximum atomic E-state index is 6.06. The van der Waals surface area contributed by atoms with E-state index in [1.54, 1.807) is 0 Å². The summed E-state index contributed by atoms with van der Waals surface area (Å²) in [5.41, 5.74) is 8.34. The van der Waals surface area contributed by atoms with Crippen LogP contribution >= 0.6 is 0 Å². The highest BCUT2D eigenvalue weighted by molar-refractivity contribution is 5.55. The third-order valence-electron chi connectivity index (χ3n) is 7.88. The van der Waals surface area contributed by atoms with Crippen LogP contribution in [-0.2, 0) is 0 Å². The molecule has 0 radical (unpaired) electrons. The molecule has 0 heterocycles. The van der Waals surface area contributed by atoms with Crippen LogP contribution in [0.5, 0.6) is 0 Å². The molecule has 0 spiro atoms. The summed E-state index contributed by atoms with van der Waals surface area (Å²) < 4.78 is 0. The Morgan fingerprint density at radius 2 is 1.18 bits per heavy atom. The summed E-state index contributed by atoms with van der Waals surface area (Å²) >= 11 is 0. The Hall–Kier alpha value is -1.18. The van der Waals surface area contributed by atoms with Gasteiger partial charge in [-0.2, -0.15) is 0 Å². The summed E-state index contributed by atoms with van der Waals surface area (Å²) in [5.74, 6) is 4.72. The molecule has 2 aliphatic carbocycles. The minimum absolute atomic E-state index is 0.656. The maximum absolute atomic E-state index is 6.06. The third kappa shape index (κ3) is 4.69. The van der Waals surface area contributed by atoms with E-state index in [2.05, 4.69) is 70.7 Å². The second kappa shape index (κ2) is 9.09. The Balaban J connectivity index is 2.04. The van der Waals surface area contributed by atoms with Gasteiger partial charge in [-0.15, -0.1) is 0 Å². The van der Waals surface area contributed by atoms with Gasteiger partial charge in [0.25, 0.3) is 0 Å². The number of benzene rings is 1. The lowest BCUT2D eigenvalue weighted by molar-refractivity contribution is 0.136. The van der Waals surface area contributed by atoms with E-state index in [1.807, 2.05) is 0 Å². The maximum Gasteiger partial charge on any atom is 0.0372 e. The summed E-state index contributed by atoms with van der Waals surface area (Å²) in [4.78, 5) is 2.90. The normalized spacial score (nSPS) is 34.0. The lowest BCUT2D eigenvalue weighted by Gasteiger charge is -2.53. The lowest BCUT2D eigenvalue weighted by Crippen LogP contribution is -2.55. The highest BCUT2D eigenvalue weighted by Crippen LogP contribution is 2.44. The minimum atomic E-state index is 0.656. The van der Waals surface area contributed by atoms with Crippen LogP contribution in [-0.4, -0.2) is 12.1 Å². The molecular formula is C26H44N2. The minimum Gasteiger partial charge on any atom is -0.399 e. The van der Waals surface area contributed by atoms with Gasteiger partial charge in [-0.25, -0.2) is 0 Å². The molecule has 0 amide bonds. The second-order valence-electron chi connectivity index (χ2n) is 10.8. The van der Waals surface area contributed by atoms with E-state index in [4.69, 9.17) is 5.73 Å². The molecule has 0 bridgehead atoms. The summed E-state index contributed by atoms with van der Waals surface area (Å²) in [6.45, 7) is 14.7. The first-order valence-electron chi connectivity index (χ1n) is 11.9. The number of nitrogens with zero attached hydrogens (tertiary/aromatic N) is 1. The van der Waals surface area contributed by atoms with Crippen molar-refractivity contribution < 1.29 is 0 Å². The fourth-order valence-corrected chi connectivity index (χ4v) is 6.22. The van der Waals surface area contributed by atoms with Crippen molar-refractivity contribution in [3.8, 4) is 0 Å². The van der Waals surface area contributed by atoms with Crippen LogP contribution in [0.25, 0.3) is 0 Å². The molecule has 158 valence electrons. The van der Waals surface area contributed by atoms with Crippen LogP contribution in [0, 0.1) is 35.5 Å². The van der Waals surface area contributed by atoms with E-state index < -0.39 is 0 Å². The number of anilines is 2. The fourth-order valence-electron chi connectivity index (χ4n) is 6.22. The van der Waals surface area contributed by atoms with Gasteiger partial charge in [0.2, 0.25) is 0 Å². The molecule has 2 nitrogen and oxygen atoms in total. The van der Waals surface area contributed by atoms with Crippen molar-refractivity contribution in [2.45, 2.75) is 92.2 Å². The Labute approximate surface area is 174 Å². The van der Waals surface area contributed by atoms with Gasteiger partial charge >= 0.3 is 0 Å². The molecule has 2 saturated carbocycles. The Bertz CT molecular complexity index is 573. The van der Waals surface area contributed by atoms with Crippen LogP contribution < -0.4 is 10.6 Å². The van der Waals surface area contributed by atoms with Crippen LogP contribution in [0.3, 0.4) is 0 Å². The highest BCUT2D eigenvalue weighted by Gasteiger charge is 2.42. The van der Waals surface area contributed by atoms with Crippen molar-refractivity contribution in [1.29, 1.82) is 0 Å². The van der Waals surface area contributed by atoms with Crippen LogP contribution in [0.2, 0.25) is 0 Å². The van der Waals surface area contributed by atoms with Gasteiger partial charge in [0.05, 0.1) is 0 Å². The molecule has 0 aliphatic heterocycles. The van der Waals surface area contributed by atoms with Crippen molar-refractivity contribution in [2.24, 2.45) is 35.5 Å². The summed E-state index contributed by atoms with van der Waals surface area (Å²) in [6, 6.07) is 10.1. The van der Waals surface area contributed by atoms with E-state index in [-0.39, 0.29) is 0 Å². The van der Waals surface area contributed by atoms with Gasteiger partial charge in [-0.05, 0) is 85.5 Å². The summed E-state index contributed by atoms with van der Waals surface area (Å²) in [7, 11) is 0. The Morgan fingerprint density at radius 1 is 0.750 bits per heavy atom. The number of hydrogen-bond donors (Lipinski definition) is 1. The van der Waals surface area contributed by atoms with Gasteiger partial charge < -0.3 is 10.6 Å². The number of hydrogen-bond acceptors (Lipinski definition) is 2. The molecule has 28 heavy (non-hydrogen) atoms. The van der Waals surface area contributed by atoms with Crippen molar-refractivity contribution in [1.82, 2.24) is 0 Å². The number of rotatable bonds is 5. The van der Waals surface area contributed by atoms with E-state index in [9.17, 15) is 0 Å². The van der Waals surface area contributed by atoms with Gasteiger partial charge in [0, 0.05) is 23.5 Å². The molecular weight excluding hydrogens is 340 g/mol. The van der Waals surface area contributed by atoms with Gasteiger partial charge in [0.1, 0.15) is 0 Å². The largest absolute Gasteiger partial charge is 0.399 e. The molecule has 0 aromatic heterocycles. The van der Waals surface area contributed by atoms with E-state index in [1.165, 1.54) is 44.2 Å². The van der Waals surface area contributed by atoms with Crippen LogP contribution in [0.1, 0.15) is 80.1 Å². The van der Waals surface area contributed by atoms with E-state index >= 15 is 0 Å². The number of nitrogens with two attached hydrogens (primary N) is 1. The van der Waals surface area contributed by atoms with Crippen LogP contribution in [0.15, 0.2) is 24.3 Å². The molecule has 2 fully saturated rings. The topological polar surface area (TPSA) is 29.3 Å². The highest BCUT2D eigenvalue weighted by atomic mass is 15.2. The van der Waals surface area contributed by atoms with Crippen molar-refractivity contribution >= 4 is 11.4 Å². The van der Waals surface area contributed by atoms with Gasteiger partial charge in [-0.3, -0.25) is 0 Å². The zero-order valence-corrected chi connectivity index (χ0v) is 19.2. The third-order valence-corrected chi connectivity index (χ3v) is 7.88. The standard InChI is InChI=1S/C26H44N2/c1-17(2)23-13-7-19(5)15-25(23)28(22-11-9-21(27)10-12-22)26-16-20(6)8-14-24(26)18(3)4/h9-12,17-20,23-26H,7-8,13-16,27H2,1-6H3. The molecule has 6 unspecified atom stereocenters. The lowest BCUT2D eigenvalue weighted by atomic mass is 9.69. The first-order valence-corrected chi connectivity index (χ1v) is 11.9. The fraction of sp³-hybridized carbons (Fsp3) is 0.769. The molecule has 2 N–H and O–H groups in total. The quantitative estimate of drug-likeness (QED) is 0.554. The zero-order chi connectivity index (χ0) is 20.4. The smallest absolute Gasteiger partial charge is 0.0372 e. The van der Waals surface area contributed by atoms with Gasteiger partial charge in [0.15, 0.2) is 0 Å². The zero-order valence-electron chi connectivity index (χ0n) is 19.2. The molecule has 1 aromatic carbocycles. The predicted molar refractivity (Wildman–Crippen MR) is 124 cm³/mol. The first kappa shape index (κ1) is 21.5. The van der Waals surface area contributed by atoms with Crippen molar-refractivity contribution in [3.05, 3.63) is 24.3 Å². The molecule has 3 rings (SSSR count). The first-order chi connectivity index (χ1) is 13.3. The summed E-state index contributed by atoms with van der Waals surface area (Å²) in [6.07, 6.45) is 8.21. The summed E-state index contributed by atoms with van der Waals surface area (Å²) in [5, 5.41) is 0. The molecule has 2 heteroatoms. The van der Waals surface area contributed by atoms with Crippen molar-refractivity contribution in [3.63, 3.8) is 0 Å². The Morgan fingerprint density at radius 3 is 1.57 bits per heavy atom. The van der Waals surface area contributed by atoms with Crippen molar-refractivity contribution in [2.75, 3.05) is 10.6 Å². The Kier molecular flexibility index (Phi) is 6.99. The monoisotopic (exact) mass is 384 g/mol. The van der Waals surface area contributed by atoms with E-state index in [0.717, 1.165) is 41.2 Å². The van der Waals surface area contributed by atoms with Crippen LogP contribution in [0.4, 0.5) is 11.4 Å². The SMILES string of the molecule is CC1CCC(C(C)C)C(N(c2ccc(N)cc2)C2CC(C)CCC2C(C)C)C1. The predicted octanol–water partition coefficient (Wildman–Crippen LogP) is 7.00. The molecule has 1 aromatic rings. The molecule has 0 saturated heterocycles. The second-order valence-corrected chi connectivity index (χ2v) is 10.8. The average molecular weight is 385 g/mol. The molecule has 2 aliphatic rings. The van der Waals surface area contributed by atoms with Gasteiger partial charge in [-0.1, -0.05) is 54.4 Å². The average Bonchev–Trinajstić information content (AvgIpc) is 2.63. The van der Waals surface area contributed by atoms with E-state index in [0.29, 0.717) is 12.1 Å².